The Morgan fingerprint density at radius 1 is 1.47 bits per heavy atom. The quantitative estimate of drug-likeness (QED) is 0.693. The van der Waals surface area contributed by atoms with Crippen molar-refractivity contribution < 1.29 is 13.2 Å². The maximum absolute atomic E-state index is 12.3. The van der Waals surface area contributed by atoms with Gasteiger partial charge in [0.1, 0.15) is 0 Å². The number of rotatable bonds is 2. The van der Waals surface area contributed by atoms with Crippen molar-refractivity contribution in [2.24, 2.45) is 0 Å². The number of carbonyl (C=O) groups is 1. The topological polar surface area (TPSA) is 63.2 Å². The smallest absolute Gasteiger partial charge is 0.252 e. The van der Waals surface area contributed by atoms with Crippen LogP contribution in [-0.2, 0) is 9.84 Å². The van der Waals surface area contributed by atoms with Crippen molar-refractivity contribution in [1.82, 2.24) is 5.32 Å². The van der Waals surface area contributed by atoms with E-state index in [0.717, 1.165) is 8.04 Å². The minimum atomic E-state index is -3.03. The zero-order valence-corrected chi connectivity index (χ0v) is 14.8. The van der Waals surface area contributed by atoms with Gasteiger partial charge >= 0.3 is 0 Å². The minimum absolute atomic E-state index is 0.0102. The van der Waals surface area contributed by atoms with Gasteiger partial charge in [-0.25, -0.2) is 8.42 Å². The van der Waals surface area contributed by atoms with Crippen molar-refractivity contribution in [1.29, 1.82) is 0 Å². The largest absolute Gasteiger partial charge is 0.346 e. The third-order valence-corrected chi connectivity index (χ3v) is 6.43. The highest BCUT2D eigenvalue weighted by Crippen LogP contribution is 2.25. The molecule has 1 unspecified atom stereocenters. The molecule has 7 heteroatoms. The van der Waals surface area contributed by atoms with Crippen LogP contribution >= 0.6 is 38.5 Å². The van der Waals surface area contributed by atoms with Crippen LogP contribution < -0.4 is 5.32 Å². The van der Waals surface area contributed by atoms with E-state index < -0.39 is 15.4 Å². The molecule has 1 aromatic rings. The van der Waals surface area contributed by atoms with Crippen LogP contribution in [0.3, 0.4) is 0 Å². The van der Waals surface area contributed by atoms with Gasteiger partial charge in [0.2, 0.25) is 0 Å². The SMILES string of the molecule is CC1(NC(=O)c2cc(Br)ccc2I)CCS(=O)(=O)C1. The van der Waals surface area contributed by atoms with Gasteiger partial charge in [-0.2, -0.15) is 0 Å². The van der Waals surface area contributed by atoms with Gasteiger partial charge in [-0.05, 0) is 54.1 Å². The van der Waals surface area contributed by atoms with E-state index in [2.05, 4.69) is 43.8 Å². The molecule has 0 spiro atoms. The Morgan fingerprint density at radius 3 is 2.74 bits per heavy atom. The van der Waals surface area contributed by atoms with E-state index >= 15 is 0 Å². The van der Waals surface area contributed by atoms with Crippen LogP contribution in [0.2, 0.25) is 0 Å². The van der Waals surface area contributed by atoms with Gasteiger partial charge in [-0.3, -0.25) is 4.79 Å². The Balaban J connectivity index is 2.20. The molecule has 1 atom stereocenters. The molecule has 1 heterocycles. The predicted octanol–water partition coefficient (Wildman–Crippen LogP) is 2.36. The lowest BCUT2D eigenvalue weighted by Crippen LogP contribution is -2.47. The Morgan fingerprint density at radius 2 is 2.16 bits per heavy atom. The molecule has 1 N–H and O–H groups in total. The minimum Gasteiger partial charge on any atom is -0.346 e. The van der Waals surface area contributed by atoms with Crippen molar-refractivity contribution in [2.75, 3.05) is 11.5 Å². The number of nitrogens with one attached hydrogen (secondary N) is 1. The van der Waals surface area contributed by atoms with E-state index in [0.29, 0.717) is 12.0 Å². The van der Waals surface area contributed by atoms with Crippen molar-refractivity contribution in [3.63, 3.8) is 0 Å². The van der Waals surface area contributed by atoms with Crippen LogP contribution in [0.5, 0.6) is 0 Å². The second-order valence-electron chi connectivity index (χ2n) is 4.98. The summed E-state index contributed by atoms with van der Waals surface area (Å²) in [4.78, 5) is 12.3. The molecule has 1 saturated heterocycles. The van der Waals surface area contributed by atoms with E-state index in [1.54, 1.807) is 13.0 Å². The van der Waals surface area contributed by atoms with Gasteiger partial charge in [0, 0.05) is 8.04 Å². The molecule has 1 fully saturated rings. The first kappa shape index (κ1) is 15.2. The number of hydrogen-bond donors (Lipinski definition) is 1. The average Bonchev–Trinajstić information content (AvgIpc) is 2.56. The van der Waals surface area contributed by atoms with Gasteiger partial charge in [0.15, 0.2) is 9.84 Å². The normalized spacial score (nSPS) is 25.2. The van der Waals surface area contributed by atoms with Crippen molar-refractivity contribution >= 4 is 54.3 Å². The van der Waals surface area contributed by atoms with Crippen LogP contribution in [0.15, 0.2) is 22.7 Å². The standard InChI is InChI=1S/C12H13BrINO3S/c1-12(4-5-19(17,18)7-12)15-11(16)9-6-8(13)2-3-10(9)14/h2-3,6H,4-5,7H2,1H3,(H,15,16). The van der Waals surface area contributed by atoms with Crippen molar-refractivity contribution in [2.45, 2.75) is 18.9 Å². The zero-order chi connectivity index (χ0) is 14.3. The molecule has 19 heavy (non-hydrogen) atoms. The van der Waals surface area contributed by atoms with Gasteiger partial charge in [0.05, 0.1) is 22.6 Å². The summed E-state index contributed by atoms with van der Waals surface area (Å²) in [6.45, 7) is 1.78. The lowest BCUT2D eigenvalue weighted by Gasteiger charge is -2.24. The van der Waals surface area contributed by atoms with E-state index in [9.17, 15) is 13.2 Å². The first-order valence-electron chi connectivity index (χ1n) is 5.69. The van der Waals surface area contributed by atoms with Gasteiger partial charge < -0.3 is 5.32 Å². The van der Waals surface area contributed by atoms with Crippen LogP contribution in [0.4, 0.5) is 0 Å². The highest BCUT2D eigenvalue weighted by atomic mass is 127. The molecular weight excluding hydrogens is 445 g/mol. The molecule has 2 rings (SSSR count). The molecular formula is C12H13BrINO3S. The van der Waals surface area contributed by atoms with Gasteiger partial charge in [-0.1, -0.05) is 15.9 Å². The number of carbonyl (C=O) groups excluding carboxylic acids is 1. The lowest BCUT2D eigenvalue weighted by molar-refractivity contribution is 0.0914. The van der Waals surface area contributed by atoms with E-state index in [-0.39, 0.29) is 17.4 Å². The maximum Gasteiger partial charge on any atom is 0.252 e. The van der Waals surface area contributed by atoms with Crippen molar-refractivity contribution in [3.8, 4) is 0 Å². The monoisotopic (exact) mass is 457 g/mol. The molecule has 1 aliphatic heterocycles. The fourth-order valence-corrected chi connectivity index (χ4v) is 5.16. The molecule has 1 aromatic carbocycles. The summed E-state index contributed by atoms with van der Waals surface area (Å²) in [6, 6.07) is 5.44. The number of sulfone groups is 1. The molecule has 0 saturated carbocycles. The summed E-state index contributed by atoms with van der Waals surface area (Å²) in [6.07, 6.45) is 0.464. The molecule has 0 aromatic heterocycles. The Hall–Kier alpha value is -0.150. The molecule has 0 aliphatic carbocycles. The van der Waals surface area contributed by atoms with Crippen LogP contribution in [-0.4, -0.2) is 31.4 Å². The number of halogens is 2. The Kier molecular flexibility index (Phi) is 4.27. The molecule has 104 valence electrons. The summed E-state index contributed by atoms with van der Waals surface area (Å²) in [5.74, 6) is -0.0827. The summed E-state index contributed by atoms with van der Waals surface area (Å²) < 4.78 is 24.7. The highest BCUT2D eigenvalue weighted by Gasteiger charge is 2.39. The number of amides is 1. The Labute approximate surface area is 134 Å². The third kappa shape index (κ3) is 3.69. The second-order valence-corrected chi connectivity index (χ2v) is 9.24. The summed E-state index contributed by atoms with van der Waals surface area (Å²) >= 11 is 5.42. The Bertz CT molecular complexity index is 632. The molecule has 1 aliphatic rings. The fourth-order valence-electron chi connectivity index (χ4n) is 2.12. The van der Waals surface area contributed by atoms with Crippen molar-refractivity contribution in [3.05, 3.63) is 31.8 Å². The maximum atomic E-state index is 12.3. The molecule has 0 radical (unpaired) electrons. The van der Waals surface area contributed by atoms with Crippen LogP contribution in [0.1, 0.15) is 23.7 Å². The lowest BCUT2D eigenvalue weighted by atomic mass is 10.0. The predicted molar refractivity (Wildman–Crippen MR) is 86.0 cm³/mol. The number of benzene rings is 1. The highest BCUT2D eigenvalue weighted by molar-refractivity contribution is 14.1. The summed E-state index contributed by atoms with van der Waals surface area (Å²) in [5, 5.41) is 2.85. The first-order valence-corrected chi connectivity index (χ1v) is 9.38. The third-order valence-electron chi connectivity index (χ3n) is 3.09. The first-order chi connectivity index (χ1) is 8.71. The molecule has 4 nitrogen and oxygen atoms in total. The summed E-state index contributed by atoms with van der Waals surface area (Å²) in [7, 11) is -3.03. The summed E-state index contributed by atoms with van der Waals surface area (Å²) in [5.41, 5.74) is -0.109. The van der Waals surface area contributed by atoms with Crippen LogP contribution in [0.25, 0.3) is 0 Å². The van der Waals surface area contributed by atoms with E-state index in [1.165, 1.54) is 0 Å². The van der Waals surface area contributed by atoms with Gasteiger partial charge in [-0.15, -0.1) is 0 Å². The fraction of sp³-hybridized carbons (Fsp3) is 0.417. The van der Waals surface area contributed by atoms with Gasteiger partial charge in [0.25, 0.3) is 5.91 Å². The van der Waals surface area contributed by atoms with E-state index in [1.807, 2.05) is 12.1 Å². The molecule has 0 bridgehead atoms. The zero-order valence-electron chi connectivity index (χ0n) is 10.2. The van der Waals surface area contributed by atoms with E-state index in [4.69, 9.17) is 0 Å². The molecule has 1 amide bonds. The van der Waals surface area contributed by atoms with Crippen LogP contribution in [0, 0.1) is 3.57 Å². The average molecular weight is 458 g/mol. The second kappa shape index (κ2) is 5.33. The number of hydrogen-bond acceptors (Lipinski definition) is 3.